The van der Waals surface area contributed by atoms with Crippen LogP contribution in [0.15, 0.2) is 6.20 Å². The van der Waals surface area contributed by atoms with Gasteiger partial charge in [0.05, 0.1) is 24.7 Å². The molecule has 0 N–H and O–H groups in total. The summed E-state index contributed by atoms with van der Waals surface area (Å²) in [4.78, 5) is 11.3. The molecule has 0 unspecified atom stereocenters. The van der Waals surface area contributed by atoms with Crippen molar-refractivity contribution in [3.8, 4) is 0 Å². The van der Waals surface area contributed by atoms with Crippen LogP contribution >= 0.6 is 11.6 Å². The Morgan fingerprint density at radius 3 is 2.95 bits per heavy atom. The number of aryl methyl sites for hydroxylation is 1. The van der Waals surface area contributed by atoms with Crippen LogP contribution in [0, 0.1) is 0 Å². The molecule has 0 radical (unpaired) electrons. The van der Waals surface area contributed by atoms with Crippen molar-refractivity contribution >= 4 is 22.6 Å². The van der Waals surface area contributed by atoms with Gasteiger partial charge in [-0.15, -0.1) is 0 Å². The molecule has 0 atom stereocenters. The van der Waals surface area contributed by atoms with Crippen molar-refractivity contribution in [3.63, 3.8) is 0 Å². The Bertz CT molecular complexity index is 610. The number of hydrogen-bond acceptors (Lipinski definition) is 5. The van der Waals surface area contributed by atoms with Gasteiger partial charge in [0.2, 0.25) is 0 Å². The number of nitrogens with zero attached hydrogens (tertiary/aromatic N) is 5. The standard InChI is InChI=1S/C13H18ClN5O/c1-18-13-10(7-15-18)12(14)16-11(17-13)8-19(5-6-20-2)9-3-4-9/h7,9H,3-6,8H2,1-2H3. The summed E-state index contributed by atoms with van der Waals surface area (Å²) >= 11 is 6.21. The maximum absolute atomic E-state index is 6.21. The molecule has 6 nitrogen and oxygen atoms in total. The number of methoxy groups -OCH3 is 1. The van der Waals surface area contributed by atoms with Gasteiger partial charge in [-0.2, -0.15) is 5.10 Å². The lowest BCUT2D eigenvalue weighted by Crippen LogP contribution is -2.30. The van der Waals surface area contributed by atoms with E-state index in [4.69, 9.17) is 16.3 Å². The van der Waals surface area contributed by atoms with E-state index in [0.29, 0.717) is 17.7 Å². The van der Waals surface area contributed by atoms with Crippen LogP contribution in [0.3, 0.4) is 0 Å². The van der Waals surface area contributed by atoms with E-state index in [1.54, 1.807) is 18.0 Å². The summed E-state index contributed by atoms with van der Waals surface area (Å²) in [7, 11) is 3.58. The third-order valence-electron chi connectivity index (χ3n) is 3.58. The van der Waals surface area contributed by atoms with Crippen molar-refractivity contribution in [2.75, 3.05) is 20.3 Å². The van der Waals surface area contributed by atoms with E-state index in [2.05, 4.69) is 20.0 Å². The summed E-state index contributed by atoms with van der Waals surface area (Å²) < 4.78 is 6.89. The van der Waals surface area contributed by atoms with Gasteiger partial charge >= 0.3 is 0 Å². The van der Waals surface area contributed by atoms with Crippen LogP contribution < -0.4 is 0 Å². The van der Waals surface area contributed by atoms with E-state index < -0.39 is 0 Å². The largest absolute Gasteiger partial charge is 0.383 e. The van der Waals surface area contributed by atoms with Gasteiger partial charge in [0.25, 0.3) is 0 Å². The maximum atomic E-state index is 6.21. The van der Waals surface area contributed by atoms with Gasteiger partial charge in [-0.25, -0.2) is 9.97 Å². The highest BCUT2D eigenvalue weighted by molar-refractivity contribution is 6.33. The summed E-state index contributed by atoms with van der Waals surface area (Å²) in [6.45, 7) is 2.32. The van der Waals surface area contributed by atoms with E-state index >= 15 is 0 Å². The summed E-state index contributed by atoms with van der Waals surface area (Å²) in [5.74, 6) is 0.745. The third kappa shape index (κ3) is 2.77. The van der Waals surface area contributed by atoms with E-state index in [1.807, 2.05) is 7.05 Å². The summed E-state index contributed by atoms with van der Waals surface area (Å²) in [6.07, 6.45) is 4.18. The minimum absolute atomic E-state index is 0.473. The molecule has 1 saturated carbocycles. The third-order valence-corrected chi connectivity index (χ3v) is 3.87. The molecule has 1 fully saturated rings. The van der Waals surface area contributed by atoms with Crippen LogP contribution in [0.5, 0.6) is 0 Å². The fourth-order valence-electron chi connectivity index (χ4n) is 2.32. The monoisotopic (exact) mass is 295 g/mol. The zero-order chi connectivity index (χ0) is 14.1. The van der Waals surface area contributed by atoms with Crippen molar-refractivity contribution in [1.82, 2.24) is 24.6 Å². The van der Waals surface area contributed by atoms with Crippen LogP contribution in [-0.2, 0) is 18.3 Å². The molecule has 108 valence electrons. The van der Waals surface area contributed by atoms with Gasteiger partial charge in [-0.1, -0.05) is 11.6 Å². The average molecular weight is 296 g/mol. The number of halogens is 1. The first-order chi connectivity index (χ1) is 9.69. The number of hydrogen-bond donors (Lipinski definition) is 0. The van der Waals surface area contributed by atoms with Gasteiger partial charge in [-0.05, 0) is 12.8 Å². The molecule has 0 amide bonds. The molecule has 2 heterocycles. The average Bonchev–Trinajstić information content (AvgIpc) is 3.20. The molecule has 20 heavy (non-hydrogen) atoms. The Morgan fingerprint density at radius 1 is 1.45 bits per heavy atom. The topological polar surface area (TPSA) is 56.1 Å². The van der Waals surface area contributed by atoms with E-state index in [9.17, 15) is 0 Å². The Labute approximate surface area is 122 Å². The second-order valence-corrected chi connectivity index (χ2v) is 5.49. The molecule has 7 heteroatoms. The van der Waals surface area contributed by atoms with Gasteiger partial charge in [0.1, 0.15) is 11.0 Å². The first kappa shape index (κ1) is 13.7. The lowest BCUT2D eigenvalue weighted by Gasteiger charge is -2.20. The minimum Gasteiger partial charge on any atom is -0.383 e. The molecule has 3 rings (SSSR count). The molecule has 0 bridgehead atoms. The maximum Gasteiger partial charge on any atom is 0.162 e. The molecule has 0 saturated heterocycles. The van der Waals surface area contributed by atoms with Crippen LogP contribution in [0.2, 0.25) is 5.15 Å². The van der Waals surface area contributed by atoms with Crippen molar-refractivity contribution in [2.24, 2.45) is 7.05 Å². The fourth-order valence-corrected chi connectivity index (χ4v) is 2.55. The van der Waals surface area contributed by atoms with Crippen LogP contribution in [-0.4, -0.2) is 51.0 Å². The van der Waals surface area contributed by atoms with Crippen LogP contribution in [0.1, 0.15) is 18.7 Å². The van der Waals surface area contributed by atoms with Crippen LogP contribution in [0.25, 0.3) is 11.0 Å². The normalized spacial score (nSPS) is 15.4. The second-order valence-electron chi connectivity index (χ2n) is 5.13. The number of fused-ring (bicyclic) bond motifs is 1. The Morgan fingerprint density at radius 2 is 2.25 bits per heavy atom. The van der Waals surface area contributed by atoms with E-state index in [1.165, 1.54) is 12.8 Å². The van der Waals surface area contributed by atoms with Crippen molar-refractivity contribution in [1.29, 1.82) is 0 Å². The Balaban J connectivity index is 1.83. The smallest absolute Gasteiger partial charge is 0.162 e. The van der Waals surface area contributed by atoms with E-state index in [-0.39, 0.29) is 0 Å². The summed E-state index contributed by atoms with van der Waals surface area (Å²) in [5, 5.41) is 5.44. The number of rotatable bonds is 6. The van der Waals surface area contributed by atoms with Gasteiger partial charge in [-0.3, -0.25) is 9.58 Å². The van der Waals surface area contributed by atoms with Gasteiger partial charge in [0, 0.05) is 26.7 Å². The molecule has 2 aromatic heterocycles. The Kier molecular flexibility index (Phi) is 3.87. The minimum atomic E-state index is 0.473. The molecular formula is C13H18ClN5O. The van der Waals surface area contributed by atoms with Crippen molar-refractivity contribution in [3.05, 3.63) is 17.2 Å². The van der Waals surface area contributed by atoms with Crippen molar-refractivity contribution < 1.29 is 4.74 Å². The van der Waals surface area contributed by atoms with E-state index in [0.717, 1.165) is 30.0 Å². The van der Waals surface area contributed by atoms with Crippen molar-refractivity contribution in [2.45, 2.75) is 25.4 Å². The summed E-state index contributed by atoms with van der Waals surface area (Å²) in [6, 6.07) is 0.634. The molecule has 1 aliphatic rings. The molecule has 2 aromatic rings. The number of aromatic nitrogens is 4. The first-order valence-corrected chi connectivity index (χ1v) is 7.14. The molecule has 0 spiro atoms. The lowest BCUT2D eigenvalue weighted by molar-refractivity contribution is 0.138. The second kappa shape index (κ2) is 5.63. The lowest BCUT2D eigenvalue weighted by atomic mass is 10.4. The fraction of sp³-hybridized carbons (Fsp3) is 0.615. The zero-order valence-electron chi connectivity index (χ0n) is 11.7. The van der Waals surface area contributed by atoms with Gasteiger partial charge in [0.15, 0.2) is 5.65 Å². The predicted molar refractivity (Wildman–Crippen MR) is 76.6 cm³/mol. The molecule has 1 aliphatic carbocycles. The zero-order valence-corrected chi connectivity index (χ0v) is 12.5. The SMILES string of the molecule is COCCN(Cc1nc(Cl)c2cnn(C)c2n1)C1CC1. The predicted octanol–water partition coefficient (Wildman–Crippen LogP) is 1.63. The molecule has 0 aromatic carbocycles. The first-order valence-electron chi connectivity index (χ1n) is 6.76. The van der Waals surface area contributed by atoms with Gasteiger partial charge < -0.3 is 4.74 Å². The van der Waals surface area contributed by atoms with Crippen LogP contribution in [0.4, 0.5) is 0 Å². The molecular weight excluding hydrogens is 278 g/mol. The highest BCUT2D eigenvalue weighted by Crippen LogP contribution is 2.28. The summed E-state index contributed by atoms with van der Waals surface area (Å²) in [5.41, 5.74) is 0.780. The number of ether oxygens (including phenoxy) is 1. The highest BCUT2D eigenvalue weighted by atomic mass is 35.5. The Hall–Kier alpha value is -1.24. The quantitative estimate of drug-likeness (QED) is 0.758. The highest BCUT2D eigenvalue weighted by Gasteiger charge is 2.29. The molecule has 0 aliphatic heterocycles.